The molecule has 20 heavy (non-hydrogen) atoms. The zero-order valence-electron chi connectivity index (χ0n) is 12.3. The zero-order valence-corrected chi connectivity index (χ0v) is 12.3. The normalized spacial score (nSPS) is 18.3. The Balaban J connectivity index is 2.10. The number of hydrogen-bond acceptors (Lipinski definition) is 3. The first-order valence-corrected chi connectivity index (χ1v) is 7.62. The van der Waals surface area contributed by atoms with Crippen LogP contribution in [0.1, 0.15) is 57.6 Å². The van der Waals surface area contributed by atoms with Crippen molar-refractivity contribution in [1.82, 2.24) is 5.32 Å². The van der Waals surface area contributed by atoms with Gasteiger partial charge in [-0.05, 0) is 37.7 Å². The minimum absolute atomic E-state index is 0.182. The first-order chi connectivity index (χ1) is 9.61. The quantitative estimate of drug-likeness (QED) is 0.599. The Labute approximate surface area is 120 Å². The van der Waals surface area contributed by atoms with Crippen LogP contribution in [0.4, 0.5) is 5.69 Å². The summed E-state index contributed by atoms with van der Waals surface area (Å²) < 4.78 is 0. The predicted molar refractivity (Wildman–Crippen MR) is 80.7 cm³/mol. The van der Waals surface area contributed by atoms with Crippen LogP contribution in [-0.4, -0.2) is 11.0 Å². The summed E-state index contributed by atoms with van der Waals surface area (Å²) >= 11 is 0. The minimum atomic E-state index is -0.318. The van der Waals surface area contributed by atoms with Crippen molar-refractivity contribution in [2.75, 3.05) is 0 Å². The largest absolute Gasteiger partial charge is 0.307 e. The molecular formula is C16H24N2O2. The lowest BCUT2D eigenvalue weighted by atomic mass is 9.80. The van der Waals surface area contributed by atoms with Crippen molar-refractivity contribution < 1.29 is 4.92 Å². The predicted octanol–water partition coefficient (Wildman–Crippen LogP) is 4.21. The second-order valence-electron chi connectivity index (χ2n) is 5.84. The number of nitrogens with one attached hydrogen (secondary N) is 1. The van der Waals surface area contributed by atoms with Crippen molar-refractivity contribution in [3.05, 3.63) is 39.9 Å². The van der Waals surface area contributed by atoms with Gasteiger partial charge in [-0.3, -0.25) is 10.1 Å². The molecule has 0 aliphatic heterocycles. The molecular weight excluding hydrogens is 252 g/mol. The monoisotopic (exact) mass is 276 g/mol. The van der Waals surface area contributed by atoms with Gasteiger partial charge < -0.3 is 5.32 Å². The number of rotatable bonds is 7. The first-order valence-electron chi connectivity index (χ1n) is 7.62. The van der Waals surface area contributed by atoms with E-state index in [9.17, 15) is 10.1 Å². The highest BCUT2D eigenvalue weighted by Crippen LogP contribution is 2.31. The Morgan fingerprint density at radius 1 is 1.45 bits per heavy atom. The number of nitro benzene ring substituents is 1. The van der Waals surface area contributed by atoms with E-state index in [1.807, 2.05) is 6.07 Å². The second kappa shape index (κ2) is 6.84. The average Bonchev–Trinajstić information content (AvgIpc) is 2.36. The van der Waals surface area contributed by atoms with E-state index in [1.165, 1.54) is 19.3 Å². The van der Waals surface area contributed by atoms with E-state index in [-0.39, 0.29) is 16.7 Å². The van der Waals surface area contributed by atoms with Crippen LogP contribution in [0.3, 0.4) is 0 Å². The third-order valence-electron chi connectivity index (χ3n) is 4.38. The van der Waals surface area contributed by atoms with E-state index in [0.717, 1.165) is 24.3 Å². The third-order valence-corrected chi connectivity index (χ3v) is 4.38. The van der Waals surface area contributed by atoms with Gasteiger partial charge in [0.2, 0.25) is 0 Å². The molecule has 1 N–H and O–H groups in total. The van der Waals surface area contributed by atoms with Gasteiger partial charge in [-0.15, -0.1) is 0 Å². The maximum absolute atomic E-state index is 10.9. The van der Waals surface area contributed by atoms with E-state index in [1.54, 1.807) is 18.2 Å². The molecule has 1 saturated carbocycles. The molecule has 2 unspecified atom stereocenters. The van der Waals surface area contributed by atoms with Gasteiger partial charge in [-0.2, -0.15) is 0 Å². The Morgan fingerprint density at radius 2 is 2.20 bits per heavy atom. The van der Waals surface area contributed by atoms with Crippen molar-refractivity contribution in [2.24, 2.45) is 5.92 Å². The molecule has 0 heterocycles. The lowest BCUT2D eigenvalue weighted by Gasteiger charge is -2.35. The molecule has 0 spiro atoms. The molecule has 0 bridgehead atoms. The Kier molecular flexibility index (Phi) is 5.12. The number of non-ortho nitro benzene ring substituents is 1. The molecule has 1 fully saturated rings. The van der Waals surface area contributed by atoms with Crippen molar-refractivity contribution in [3.8, 4) is 0 Å². The topological polar surface area (TPSA) is 55.2 Å². The molecule has 1 aromatic carbocycles. The fourth-order valence-corrected chi connectivity index (χ4v) is 2.88. The number of benzene rings is 1. The molecule has 4 nitrogen and oxygen atoms in total. The van der Waals surface area contributed by atoms with Crippen molar-refractivity contribution in [1.29, 1.82) is 0 Å². The number of hydrogen-bond donors (Lipinski definition) is 1. The van der Waals surface area contributed by atoms with Crippen molar-refractivity contribution >= 4 is 5.69 Å². The van der Waals surface area contributed by atoms with Crippen LogP contribution in [0, 0.1) is 16.0 Å². The molecule has 1 aliphatic carbocycles. The standard InChI is InChI=1S/C16H24N2O2/c1-3-6-16(17-12(2)13-7-4-8-13)14-9-5-10-15(11-14)18(19)20/h5,9-13,16-17H,3-4,6-8H2,1-2H3. The van der Waals surface area contributed by atoms with Crippen LogP contribution in [-0.2, 0) is 0 Å². The highest BCUT2D eigenvalue weighted by atomic mass is 16.6. The van der Waals surface area contributed by atoms with Crippen LogP contribution < -0.4 is 5.32 Å². The van der Waals surface area contributed by atoms with Gasteiger partial charge in [0.15, 0.2) is 0 Å². The summed E-state index contributed by atoms with van der Waals surface area (Å²) in [6.07, 6.45) is 6.03. The highest BCUT2D eigenvalue weighted by Gasteiger charge is 2.26. The molecule has 110 valence electrons. The molecule has 2 rings (SSSR count). The molecule has 0 aromatic heterocycles. The maximum Gasteiger partial charge on any atom is 0.269 e. The Bertz CT molecular complexity index is 458. The number of nitro groups is 1. The Morgan fingerprint density at radius 3 is 2.75 bits per heavy atom. The summed E-state index contributed by atoms with van der Waals surface area (Å²) in [6.45, 7) is 4.39. The van der Waals surface area contributed by atoms with Crippen LogP contribution >= 0.6 is 0 Å². The second-order valence-corrected chi connectivity index (χ2v) is 5.84. The SMILES string of the molecule is CCCC(NC(C)C1CCC1)c1cccc([N+](=O)[O-])c1. The smallest absolute Gasteiger partial charge is 0.269 e. The molecule has 4 heteroatoms. The summed E-state index contributed by atoms with van der Waals surface area (Å²) in [4.78, 5) is 10.6. The zero-order chi connectivity index (χ0) is 14.5. The van der Waals surface area contributed by atoms with Crippen LogP contribution in [0.15, 0.2) is 24.3 Å². The summed E-state index contributed by atoms with van der Waals surface area (Å²) in [5, 5.41) is 14.6. The van der Waals surface area contributed by atoms with Crippen LogP contribution in [0.2, 0.25) is 0 Å². The molecule has 2 atom stereocenters. The highest BCUT2D eigenvalue weighted by molar-refractivity contribution is 5.35. The summed E-state index contributed by atoms with van der Waals surface area (Å²) in [6, 6.07) is 7.75. The van der Waals surface area contributed by atoms with E-state index >= 15 is 0 Å². The maximum atomic E-state index is 10.9. The van der Waals surface area contributed by atoms with Gasteiger partial charge in [-0.25, -0.2) is 0 Å². The van der Waals surface area contributed by atoms with Gasteiger partial charge in [0.25, 0.3) is 5.69 Å². The summed E-state index contributed by atoms with van der Waals surface area (Å²) in [5.41, 5.74) is 1.22. The number of nitrogens with zero attached hydrogens (tertiary/aromatic N) is 1. The fraction of sp³-hybridized carbons (Fsp3) is 0.625. The molecule has 1 aliphatic rings. The average molecular weight is 276 g/mol. The van der Waals surface area contributed by atoms with E-state index in [4.69, 9.17) is 0 Å². The van der Waals surface area contributed by atoms with Crippen LogP contribution in [0.5, 0.6) is 0 Å². The summed E-state index contributed by atoms with van der Waals surface area (Å²) in [5.74, 6) is 0.771. The minimum Gasteiger partial charge on any atom is -0.307 e. The van der Waals surface area contributed by atoms with Crippen molar-refractivity contribution in [2.45, 2.75) is 58.0 Å². The van der Waals surface area contributed by atoms with Gasteiger partial charge >= 0.3 is 0 Å². The van der Waals surface area contributed by atoms with Gasteiger partial charge in [0, 0.05) is 24.2 Å². The molecule has 1 aromatic rings. The first kappa shape index (κ1) is 15.0. The summed E-state index contributed by atoms with van der Waals surface area (Å²) in [7, 11) is 0. The lowest BCUT2D eigenvalue weighted by Crippen LogP contribution is -2.39. The third kappa shape index (κ3) is 3.57. The lowest BCUT2D eigenvalue weighted by molar-refractivity contribution is -0.384. The molecule has 0 saturated heterocycles. The van der Waals surface area contributed by atoms with Gasteiger partial charge in [0.05, 0.1) is 4.92 Å². The Hall–Kier alpha value is -1.42. The fourth-order valence-electron chi connectivity index (χ4n) is 2.88. The van der Waals surface area contributed by atoms with Crippen LogP contribution in [0.25, 0.3) is 0 Å². The van der Waals surface area contributed by atoms with Crippen molar-refractivity contribution in [3.63, 3.8) is 0 Å². The van der Waals surface area contributed by atoms with E-state index < -0.39 is 0 Å². The molecule has 0 amide bonds. The molecule has 0 radical (unpaired) electrons. The van der Waals surface area contributed by atoms with E-state index in [2.05, 4.69) is 19.2 Å². The van der Waals surface area contributed by atoms with Gasteiger partial charge in [0.1, 0.15) is 0 Å². The van der Waals surface area contributed by atoms with E-state index in [0.29, 0.717) is 6.04 Å². The van der Waals surface area contributed by atoms with Gasteiger partial charge in [-0.1, -0.05) is 31.9 Å².